The number of anilines is 1. The first-order chi connectivity index (χ1) is 9.39. The van der Waals surface area contributed by atoms with E-state index in [0.717, 1.165) is 0 Å². The van der Waals surface area contributed by atoms with E-state index in [1.807, 2.05) is 20.8 Å². The maximum atomic E-state index is 12.3. The first-order valence-electron chi connectivity index (χ1n) is 6.15. The molecule has 0 atom stereocenters. The minimum absolute atomic E-state index is 0.198. The van der Waals surface area contributed by atoms with Crippen molar-refractivity contribution in [1.82, 2.24) is 29.7 Å². The fourth-order valence-corrected chi connectivity index (χ4v) is 2.09. The lowest BCUT2D eigenvalue weighted by Gasteiger charge is -2.16. The van der Waals surface area contributed by atoms with Crippen LogP contribution in [0.4, 0.5) is 5.69 Å². The quantitative estimate of drug-likeness (QED) is 0.603. The molecule has 3 rings (SSSR count). The first kappa shape index (κ1) is 12.4. The van der Waals surface area contributed by atoms with Crippen molar-refractivity contribution in [2.45, 2.75) is 26.2 Å². The number of nitrogens with one attached hydrogen (secondary N) is 2. The van der Waals surface area contributed by atoms with Gasteiger partial charge < -0.3 is 10.7 Å². The lowest BCUT2D eigenvalue weighted by Crippen LogP contribution is -2.18. The topological polar surface area (TPSA) is 118 Å². The fraction of sp³-hybridized carbons (Fsp3) is 0.333. The zero-order chi connectivity index (χ0) is 14.5. The van der Waals surface area contributed by atoms with Crippen LogP contribution in [0.5, 0.6) is 0 Å². The molecule has 0 aromatic carbocycles. The van der Waals surface area contributed by atoms with Crippen molar-refractivity contribution < 1.29 is 0 Å². The molecule has 0 fully saturated rings. The maximum absolute atomic E-state index is 12.3. The van der Waals surface area contributed by atoms with Gasteiger partial charge in [0.15, 0.2) is 11.5 Å². The molecule has 0 amide bonds. The molecule has 4 N–H and O–H groups in total. The summed E-state index contributed by atoms with van der Waals surface area (Å²) in [6.07, 6.45) is 2.86. The molecule has 104 valence electrons. The lowest BCUT2D eigenvalue weighted by molar-refractivity contribution is 0.561. The van der Waals surface area contributed by atoms with Gasteiger partial charge in [-0.2, -0.15) is 4.68 Å². The molecule has 0 spiro atoms. The molecular weight excluding hydrogens is 258 g/mol. The number of nitrogen functional groups attached to an aromatic ring is 1. The molecule has 0 aliphatic carbocycles. The third kappa shape index (κ3) is 1.68. The molecule has 0 saturated carbocycles. The molecule has 8 nitrogen and oxygen atoms in total. The van der Waals surface area contributed by atoms with E-state index in [0.29, 0.717) is 22.7 Å². The third-order valence-electron chi connectivity index (χ3n) is 3.09. The Balaban J connectivity index is 2.31. The minimum Gasteiger partial charge on any atom is -0.393 e. The first-order valence-corrected chi connectivity index (χ1v) is 6.15. The fourth-order valence-electron chi connectivity index (χ4n) is 2.09. The van der Waals surface area contributed by atoms with Crippen molar-refractivity contribution in [3.8, 4) is 5.82 Å². The van der Waals surface area contributed by atoms with Crippen LogP contribution in [-0.2, 0) is 5.41 Å². The summed E-state index contributed by atoms with van der Waals surface area (Å²) >= 11 is 0. The molecule has 20 heavy (non-hydrogen) atoms. The van der Waals surface area contributed by atoms with Crippen molar-refractivity contribution in [3.05, 3.63) is 28.7 Å². The highest BCUT2D eigenvalue weighted by atomic mass is 16.1. The zero-order valence-corrected chi connectivity index (χ0v) is 11.4. The normalized spacial score (nSPS) is 12.2. The van der Waals surface area contributed by atoms with E-state index in [4.69, 9.17) is 5.73 Å². The van der Waals surface area contributed by atoms with Crippen molar-refractivity contribution >= 4 is 16.9 Å². The number of nitrogens with zero attached hydrogens (tertiary/aromatic N) is 4. The van der Waals surface area contributed by atoms with Crippen LogP contribution in [0.3, 0.4) is 0 Å². The summed E-state index contributed by atoms with van der Waals surface area (Å²) in [6.45, 7) is 5.93. The highest BCUT2D eigenvalue weighted by Crippen LogP contribution is 2.24. The van der Waals surface area contributed by atoms with E-state index < -0.39 is 0 Å². The number of imidazole rings is 1. The number of H-pyrrole nitrogens is 2. The van der Waals surface area contributed by atoms with Gasteiger partial charge in [0.05, 0.1) is 12.0 Å². The molecule has 0 saturated heterocycles. The third-order valence-corrected chi connectivity index (χ3v) is 3.09. The van der Waals surface area contributed by atoms with Crippen molar-refractivity contribution in [3.63, 3.8) is 0 Å². The van der Waals surface area contributed by atoms with Crippen LogP contribution < -0.4 is 11.3 Å². The summed E-state index contributed by atoms with van der Waals surface area (Å²) < 4.78 is 1.32. The smallest absolute Gasteiger partial charge is 0.296 e. The van der Waals surface area contributed by atoms with Crippen LogP contribution in [0.1, 0.15) is 26.5 Å². The summed E-state index contributed by atoms with van der Waals surface area (Å²) in [4.78, 5) is 27.4. The standard InChI is InChI=1S/C12H15N7O/c1-12(2,3)8-6(13)11(20)19(18-8)10-7-9(15-4-14-7)16-5-17-10/h4-5,18H,13H2,1-3H3,(H,14,15,16,17). The number of nitrogens with two attached hydrogens (primary N) is 1. The number of aromatic nitrogens is 6. The van der Waals surface area contributed by atoms with Gasteiger partial charge in [0.1, 0.15) is 17.5 Å². The van der Waals surface area contributed by atoms with Gasteiger partial charge >= 0.3 is 0 Å². The molecule has 3 aromatic heterocycles. The highest BCUT2D eigenvalue weighted by Gasteiger charge is 2.24. The molecule has 0 aliphatic rings. The van der Waals surface area contributed by atoms with Gasteiger partial charge in [0.2, 0.25) is 0 Å². The van der Waals surface area contributed by atoms with Crippen LogP contribution >= 0.6 is 0 Å². The van der Waals surface area contributed by atoms with Gasteiger partial charge in [-0.05, 0) is 0 Å². The van der Waals surface area contributed by atoms with Crippen molar-refractivity contribution in [1.29, 1.82) is 0 Å². The second-order valence-corrected chi connectivity index (χ2v) is 5.59. The van der Waals surface area contributed by atoms with E-state index in [1.165, 1.54) is 17.3 Å². The lowest BCUT2D eigenvalue weighted by atomic mass is 9.91. The van der Waals surface area contributed by atoms with E-state index in [9.17, 15) is 4.79 Å². The van der Waals surface area contributed by atoms with Crippen LogP contribution in [0.25, 0.3) is 17.0 Å². The summed E-state index contributed by atoms with van der Waals surface area (Å²) in [7, 11) is 0. The zero-order valence-electron chi connectivity index (χ0n) is 11.4. The molecule has 0 radical (unpaired) electrons. The van der Waals surface area contributed by atoms with E-state index in [2.05, 4.69) is 25.0 Å². The molecule has 8 heteroatoms. The minimum atomic E-state index is -0.329. The van der Waals surface area contributed by atoms with Crippen molar-refractivity contribution in [2.75, 3.05) is 5.73 Å². The second-order valence-electron chi connectivity index (χ2n) is 5.59. The van der Waals surface area contributed by atoms with Crippen LogP contribution in [0.2, 0.25) is 0 Å². The molecular formula is C12H15N7O. The number of fused-ring (bicyclic) bond motifs is 1. The Kier molecular flexibility index (Phi) is 2.43. The van der Waals surface area contributed by atoms with Gasteiger partial charge in [-0.15, -0.1) is 0 Å². The Morgan fingerprint density at radius 1 is 1.25 bits per heavy atom. The largest absolute Gasteiger partial charge is 0.393 e. The maximum Gasteiger partial charge on any atom is 0.296 e. The number of aromatic amines is 2. The summed E-state index contributed by atoms with van der Waals surface area (Å²) in [6, 6.07) is 0. The van der Waals surface area contributed by atoms with Crippen molar-refractivity contribution in [2.24, 2.45) is 0 Å². The van der Waals surface area contributed by atoms with E-state index >= 15 is 0 Å². The predicted molar refractivity (Wildman–Crippen MR) is 74.7 cm³/mol. The van der Waals surface area contributed by atoms with Crippen LogP contribution in [0, 0.1) is 0 Å². The predicted octanol–water partition coefficient (Wildman–Crippen LogP) is 0.712. The number of hydrogen-bond acceptors (Lipinski definition) is 5. The Hall–Kier alpha value is -2.64. The molecule has 0 bridgehead atoms. The number of rotatable bonds is 1. The van der Waals surface area contributed by atoms with Crippen LogP contribution in [-0.4, -0.2) is 29.7 Å². The summed E-state index contributed by atoms with van der Waals surface area (Å²) in [5.41, 5.74) is 7.26. The Bertz CT molecular complexity index is 833. The van der Waals surface area contributed by atoms with Crippen LogP contribution in [0.15, 0.2) is 17.4 Å². The van der Waals surface area contributed by atoms with Gasteiger partial charge in [-0.3, -0.25) is 9.89 Å². The van der Waals surface area contributed by atoms with Gasteiger partial charge in [0, 0.05) is 5.41 Å². The number of hydrogen-bond donors (Lipinski definition) is 3. The monoisotopic (exact) mass is 273 g/mol. The SMILES string of the molecule is CC(C)(C)c1[nH]n(-c2ncnc3nc[nH]c23)c(=O)c1N. The Morgan fingerprint density at radius 2 is 2.00 bits per heavy atom. The van der Waals surface area contributed by atoms with E-state index in [1.54, 1.807) is 0 Å². The highest BCUT2D eigenvalue weighted by molar-refractivity contribution is 5.77. The van der Waals surface area contributed by atoms with Gasteiger partial charge in [-0.1, -0.05) is 20.8 Å². The summed E-state index contributed by atoms with van der Waals surface area (Å²) in [5, 5.41) is 3.03. The Morgan fingerprint density at radius 3 is 2.65 bits per heavy atom. The Labute approximate surface area is 114 Å². The van der Waals surface area contributed by atoms with Gasteiger partial charge in [-0.25, -0.2) is 15.0 Å². The molecule has 0 aliphatic heterocycles. The van der Waals surface area contributed by atoms with Gasteiger partial charge in [0.25, 0.3) is 5.56 Å². The summed E-state index contributed by atoms with van der Waals surface area (Å²) in [5.74, 6) is 0.403. The average Bonchev–Trinajstić information content (AvgIpc) is 2.95. The molecule has 3 heterocycles. The van der Waals surface area contributed by atoms with E-state index in [-0.39, 0.29) is 16.7 Å². The molecule has 0 unspecified atom stereocenters. The average molecular weight is 273 g/mol. The molecule has 3 aromatic rings. The second kappa shape index (κ2) is 3.92.